The van der Waals surface area contributed by atoms with Gasteiger partial charge in [-0.1, -0.05) is 82.7 Å². The highest BCUT2D eigenvalue weighted by Gasteiger charge is 2.41. The van der Waals surface area contributed by atoms with Crippen LogP contribution in [0, 0.1) is 5.92 Å². The van der Waals surface area contributed by atoms with Gasteiger partial charge in [0.1, 0.15) is 66.5 Å². The maximum atomic E-state index is 14.8. The van der Waals surface area contributed by atoms with Crippen molar-refractivity contribution in [3.05, 3.63) is 65.9 Å². The first-order chi connectivity index (χ1) is 54.4. The molecule has 1 saturated heterocycles. The molecule has 43 heteroatoms. The fourth-order valence-electron chi connectivity index (χ4n) is 11.6. The number of hydrogen-bond donors (Lipinski definition) is 21. The molecule has 2 aromatic carbocycles. The van der Waals surface area contributed by atoms with Gasteiger partial charge in [0.25, 0.3) is 5.91 Å². The molecule has 0 bridgehead atoms. The number of H-pyrrole nitrogens is 1. The van der Waals surface area contributed by atoms with Crippen LogP contribution >= 0.6 is 0 Å². The lowest BCUT2D eigenvalue weighted by atomic mass is 9.96. The summed E-state index contributed by atoms with van der Waals surface area (Å²) in [6.45, 7) is 1.08. The van der Waals surface area contributed by atoms with Crippen molar-refractivity contribution in [3.63, 3.8) is 0 Å². The van der Waals surface area contributed by atoms with Crippen LogP contribution in [0.3, 0.4) is 0 Å². The molecule has 0 spiro atoms. The number of esters is 2. The van der Waals surface area contributed by atoms with Crippen molar-refractivity contribution in [1.29, 1.82) is 0 Å². The molecule has 0 radical (unpaired) electrons. The molecule has 4 rings (SSSR count). The Bertz CT molecular complexity index is 4040. The highest BCUT2D eigenvalue weighted by molar-refractivity contribution is 6.05. The van der Waals surface area contributed by atoms with E-state index in [1.165, 1.54) is 30.5 Å². The van der Waals surface area contributed by atoms with Crippen LogP contribution in [0.25, 0.3) is 10.9 Å². The van der Waals surface area contributed by atoms with Crippen LogP contribution in [-0.4, -0.2) is 248 Å². The number of aliphatic hydroxyl groups excluding tert-OH is 1. The highest BCUT2D eigenvalue weighted by atomic mass is 16.6. The number of aromatic nitrogens is 1. The number of nitrogens with one attached hydrogen (secondary N) is 13. The molecule has 3 aromatic rings. The van der Waals surface area contributed by atoms with E-state index in [-0.39, 0.29) is 37.1 Å². The van der Waals surface area contributed by atoms with Crippen molar-refractivity contribution in [1.82, 2.24) is 68.8 Å². The van der Waals surface area contributed by atoms with Gasteiger partial charge in [-0.25, -0.2) is 4.79 Å². The molecule has 1 aliphatic heterocycles. The van der Waals surface area contributed by atoms with Gasteiger partial charge >= 0.3 is 35.8 Å². The molecule has 630 valence electrons. The molecule has 115 heavy (non-hydrogen) atoms. The van der Waals surface area contributed by atoms with Gasteiger partial charge in [-0.05, 0) is 69.3 Å². The lowest BCUT2D eigenvalue weighted by Crippen LogP contribution is -2.61. The normalized spacial score (nSPS) is 21.2. The molecule has 13 atom stereocenters. The van der Waals surface area contributed by atoms with E-state index in [1.807, 2.05) is 16.0 Å². The standard InChI is InChI=1S/C72H100N16O27/c1-5-6-7-8-9-10-11-22-59(102)115-51(25-38-31-76-42-20-15-13-17-39(38)42)69(110)85-44(27-52(75)91)66(107)84-47(30-58(100)101)67(108)88-61-37(4)114-72(113)48(26-50(90)40-18-12-14-19-41(40)74)86-71(112)60(35(2)24-55(94)95)87-68(109)49(34-89)81-54(93)32-77-63(104)45(28-56(96)97)82-62(103)36(3)79-65(106)46(29-57(98)99)83-64(105)43(21-16-23-73)80-53(92)33-78-70(61)111/h12-15,17-20,31,35-37,43-49,51,60-61,76,89H,5-11,16,21-30,32-34,73-74H2,1-4H3,(H2,75,91)(H,77,104)(H,78,111)(H,79,106)(H,80,92)(H,81,93)(H,82,103)(H,83,105)(H,84,107)(H,85,110)(H,86,112)(H,87,109)(H,88,108)(H,94,95)(H,96,97)(H,98,99)(H,100,101)/t35-,36-,37-,43+,44-,45+,46+,47+,48+,49-,51+,60+,61+/m1/s1. The Kier molecular flexibility index (Phi) is 39.2. The van der Waals surface area contributed by atoms with Crippen molar-refractivity contribution >= 4 is 135 Å². The summed E-state index contributed by atoms with van der Waals surface area (Å²) in [6.07, 6.45) is -4.57. The van der Waals surface area contributed by atoms with Crippen molar-refractivity contribution in [2.24, 2.45) is 17.4 Å². The maximum Gasteiger partial charge on any atom is 0.329 e. The van der Waals surface area contributed by atoms with Crippen LogP contribution in [0.1, 0.15) is 146 Å². The van der Waals surface area contributed by atoms with E-state index in [9.17, 15) is 121 Å². The molecule has 1 fully saturated rings. The Morgan fingerprint density at radius 3 is 1.73 bits per heavy atom. The van der Waals surface area contributed by atoms with Gasteiger partial charge in [0.15, 0.2) is 11.9 Å². The lowest BCUT2D eigenvalue weighted by molar-refractivity contribution is -0.156. The third-order valence-corrected chi connectivity index (χ3v) is 17.7. The van der Waals surface area contributed by atoms with Crippen LogP contribution in [0.15, 0.2) is 54.7 Å². The van der Waals surface area contributed by atoms with Gasteiger partial charge in [0.2, 0.25) is 70.9 Å². The van der Waals surface area contributed by atoms with E-state index in [0.29, 0.717) is 29.3 Å². The number of carbonyl (C=O) groups is 20. The minimum absolute atomic E-state index is 0.0963. The fourth-order valence-corrected chi connectivity index (χ4v) is 11.6. The van der Waals surface area contributed by atoms with E-state index in [0.717, 1.165) is 52.9 Å². The number of carboxylic acid groups (broad SMARTS) is 4. The summed E-state index contributed by atoms with van der Waals surface area (Å²) >= 11 is 0. The maximum absolute atomic E-state index is 14.8. The fraction of sp³-hybridized carbons (Fsp3) is 0.528. The average molecular weight is 1620 g/mol. The van der Waals surface area contributed by atoms with Crippen molar-refractivity contribution in [3.8, 4) is 0 Å². The Labute approximate surface area is 657 Å². The summed E-state index contributed by atoms with van der Waals surface area (Å²) in [5, 5.41) is 75.8. The number of aromatic amines is 1. The number of carboxylic acids is 4. The van der Waals surface area contributed by atoms with Crippen LogP contribution in [0.5, 0.6) is 0 Å². The first-order valence-corrected chi connectivity index (χ1v) is 36.7. The summed E-state index contributed by atoms with van der Waals surface area (Å²) in [5.41, 5.74) is 18.0. The number of ether oxygens (including phenoxy) is 2. The van der Waals surface area contributed by atoms with Crippen LogP contribution < -0.4 is 81.0 Å². The van der Waals surface area contributed by atoms with Crippen LogP contribution in [-0.2, 0) is 107 Å². The zero-order valence-corrected chi connectivity index (χ0v) is 63.5. The number of aliphatic carboxylic acids is 4. The second-order valence-corrected chi connectivity index (χ2v) is 27.1. The van der Waals surface area contributed by atoms with Crippen molar-refractivity contribution in [2.75, 3.05) is 32.0 Å². The topological polar surface area (TPSA) is 699 Å². The van der Waals surface area contributed by atoms with Gasteiger partial charge in [0, 0.05) is 47.6 Å². The number of cyclic esters (lactones) is 1. The molecular weight excluding hydrogens is 1520 g/mol. The Hall–Kier alpha value is -12.7. The van der Waals surface area contributed by atoms with E-state index in [1.54, 1.807) is 24.3 Å². The Morgan fingerprint density at radius 2 is 1.12 bits per heavy atom. The number of anilines is 1. The average Bonchev–Trinajstić information content (AvgIpc) is 1.72. The van der Waals surface area contributed by atoms with Crippen molar-refractivity contribution in [2.45, 2.75) is 209 Å². The number of hydrogen-bond acceptors (Lipinski definition) is 25. The zero-order chi connectivity index (χ0) is 85.8. The molecule has 0 aliphatic carbocycles. The van der Waals surface area contributed by atoms with Crippen LogP contribution in [0.4, 0.5) is 5.69 Å². The second-order valence-electron chi connectivity index (χ2n) is 27.1. The molecule has 13 amide bonds. The largest absolute Gasteiger partial charge is 0.481 e. The zero-order valence-electron chi connectivity index (χ0n) is 63.5. The number of unbranched alkanes of at least 4 members (excludes halogenated alkanes) is 6. The van der Waals surface area contributed by atoms with E-state index in [2.05, 4.69) is 59.8 Å². The summed E-state index contributed by atoms with van der Waals surface area (Å²) in [7, 11) is 0. The third-order valence-electron chi connectivity index (χ3n) is 17.7. The molecule has 1 aromatic heterocycles. The summed E-state index contributed by atoms with van der Waals surface area (Å²) in [5.74, 6) is -30.2. The second kappa shape index (κ2) is 47.6. The number of benzene rings is 2. The van der Waals surface area contributed by atoms with Gasteiger partial charge in [-0.15, -0.1) is 0 Å². The molecule has 0 saturated carbocycles. The SMILES string of the molecule is CCCCCCCCCC(=O)O[C@@H](Cc1c[nH]c2ccccc12)C(=O)N[C@H](CC(N)=O)C(=O)N[C@@H](CC(=O)O)C(=O)N[C@@H]1C(=O)NCC(=O)N[C@@H](CCCN)C(=O)N[C@@H](CC(=O)O)C(=O)N[C@H](C)C(=O)N[C@@H](CC(=O)O)C(=O)NCC(=O)N[C@H](CO)C(=O)N[C@@H]([C@H](C)CC(=O)O)C(=O)N[C@@H](CC(=O)c2ccccc2N)C(=O)O[C@@H]1C. The van der Waals surface area contributed by atoms with Gasteiger partial charge in [-0.2, -0.15) is 0 Å². The van der Waals surface area contributed by atoms with E-state index in [4.69, 9.17) is 26.7 Å². The molecule has 0 unspecified atom stereocenters. The number of para-hydroxylation sites is 2. The molecule has 24 N–H and O–H groups in total. The highest BCUT2D eigenvalue weighted by Crippen LogP contribution is 2.22. The molecule has 2 heterocycles. The first kappa shape index (κ1) is 94.7. The van der Waals surface area contributed by atoms with E-state index < -0.39 is 262 Å². The number of fused-ring (bicyclic) bond motifs is 1. The predicted octanol–water partition coefficient (Wildman–Crippen LogP) is -5.19. The van der Waals surface area contributed by atoms with Crippen molar-refractivity contribution < 1.29 is 131 Å². The quantitative estimate of drug-likeness (QED) is 0.0113. The minimum Gasteiger partial charge on any atom is -0.481 e. The molecular formula is C72H100N16O27. The number of aliphatic hydroxyl groups is 1. The van der Waals surface area contributed by atoms with E-state index >= 15 is 0 Å². The summed E-state index contributed by atoms with van der Waals surface area (Å²) in [6, 6.07) is -9.24. The van der Waals surface area contributed by atoms with Gasteiger partial charge in [0.05, 0.1) is 51.8 Å². The number of amides is 13. The first-order valence-electron chi connectivity index (χ1n) is 36.7. The summed E-state index contributed by atoms with van der Waals surface area (Å²) < 4.78 is 11.4. The number of nitrogens with two attached hydrogens (primary N) is 3. The molecule has 43 nitrogen and oxygen atoms in total. The summed E-state index contributed by atoms with van der Waals surface area (Å²) in [4.78, 5) is 276. The number of ketones is 1. The monoisotopic (exact) mass is 1620 g/mol. The van der Waals surface area contributed by atoms with Gasteiger partial charge < -0.3 is 121 Å². The smallest absolute Gasteiger partial charge is 0.329 e. The number of nitrogen functional groups attached to an aromatic ring is 1. The number of carbonyl (C=O) groups excluding carboxylic acids is 16. The third kappa shape index (κ3) is 32.5. The number of Topliss-reactive ketones (excluding diaryl/α,β-unsaturated/α-hetero) is 1. The number of primary amides is 1. The van der Waals surface area contributed by atoms with Gasteiger partial charge in [-0.3, -0.25) is 91.1 Å². The predicted molar refractivity (Wildman–Crippen MR) is 398 cm³/mol. The van der Waals surface area contributed by atoms with Crippen LogP contribution in [0.2, 0.25) is 0 Å². The lowest BCUT2D eigenvalue weighted by Gasteiger charge is -2.30. The Balaban J connectivity index is 1.87. The Morgan fingerprint density at radius 1 is 0.574 bits per heavy atom. The minimum atomic E-state index is -2.46. The number of rotatable bonds is 35. The molecule has 1 aliphatic rings.